The molecule has 0 bridgehead atoms. The van der Waals surface area contributed by atoms with Gasteiger partial charge in [-0.25, -0.2) is 4.79 Å². The maximum atomic E-state index is 12.8. The third-order valence-electron chi connectivity index (χ3n) is 3.72. The van der Waals surface area contributed by atoms with E-state index in [1.54, 1.807) is 12.3 Å². The summed E-state index contributed by atoms with van der Waals surface area (Å²) in [6.07, 6.45) is 2.99. The molecular formula is C18H20BrNO7. The van der Waals surface area contributed by atoms with Crippen molar-refractivity contribution >= 4 is 11.8 Å². The first kappa shape index (κ1) is 22.2. The maximum Gasteiger partial charge on any atom is 0.341 e. The van der Waals surface area contributed by atoms with Gasteiger partial charge in [-0.3, -0.25) is 4.79 Å². The molecule has 0 aliphatic rings. The minimum absolute atomic E-state index is 0. The lowest BCUT2D eigenvalue weighted by molar-refractivity contribution is -0.683. The number of ether oxygens (including phenoxy) is 4. The minimum Gasteiger partial charge on any atom is -1.00 e. The van der Waals surface area contributed by atoms with Crippen molar-refractivity contribution in [2.24, 2.45) is 0 Å². The highest BCUT2D eigenvalue weighted by atomic mass is 79.9. The fourth-order valence-electron chi connectivity index (χ4n) is 2.54. The van der Waals surface area contributed by atoms with Crippen molar-refractivity contribution in [3.05, 3.63) is 41.7 Å². The lowest BCUT2D eigenvalue weighted by atomic mass is 10.1. The van der Waals surface area contributed by atoms with E-state index in [1.165, 1.54) is 51.3 Å². The summed E-state index contributed by atoms with van der Waals surface area (Å²) in [5.41, 5.74) is 0.312. The summed E-state index contributed by atoms with van der Waals surface area (Å²) in [5.74, 6) is -0.306. The summed E-state index contributed by atoms with van der Waals surface area (Å²) in [6, 6.07) is 4.51. The molecule has 8 nitrogen and oxygen atoms in total. The van der Waals surface area contributed by atoms with Gasteiger partial charge in [0.05, 0.1) is 34.0 Å². The van der Waals surface area contributed by atoms with E-state index in [4.69, 9.17) is 24.1 Å². The second-order valence-electron chi connectivity index (χ2n) is 5.22. The summed E-state index contributed by atoms with van der Waals surface area (Å²) in [7, 11) is 5.75. The number of pyridine rings is 1. The van der Waals surface area contributed by atoms with E-state index in [0.717, 1.165) is 0 Å². The lowest BCUT2D eigenvalue weighted by Crippen LogP contribution is -3.00. The van der Waals surface area contributed by atoms with Gasteiger partial charge in [-0.1, -0.05) is 0 Å². The van der Waals surface area contributed by atoms with Gasteiger partial charge < -0.3 is 41.0 Å². The van der Waals surface area contributed by atoms with Crippen LogP contribution < -0.4 is 40.5 Å². The lowest BCUT2D eigenvalue weighted by Gasteiger charge is -2.17. The molecule has 1 heterocycles. The van der Waals surface area contributed by atoms with Gasteiger partial charge in [-0.2, -0.15) is 4.57 Å². The van der Waals surface area contributed by atoms with E-state index in [-0.39, 0.29) is 51.9 Å². The quantitative estimate of drug-likeness (QED) is 0.397. The third kappa shape index (κ3) is 4.68. The average molecular weight is 442 g/mol. The van der Waals surface area contributed by atoms with Crippen molar-refractivity contribution in [1.82, 2.24) is 0 Å². The molecule has 146 valence electrons. The number of carboxylic acid groups (broad SMARTS) is 1. The Morgan fingerprint density at radius 2 is 1.63 bits per heavy atom. The van der Waals surface area contributed by atoms with Gasteiger partial charge in [-0.05, 0) is 12.1 Å². The van der Waals surface area contributed by atoms with E-state index < -0.39 is 5.97 Å². The molecular weight excluding hydrogens is 422 g/mol. The van der Waals surface area contributed by atoms with Gasteiger partial charge in [0.1, 0.15) is 5.56 Å². The minimum atomic E-state index is -1.07. The van der Waals surface area contributed by atoms with Gasteiger partial charge in [0.15, 0.2) is 23.9 Å². The Morgan fingerprint density at radius 3 is 2.15 bits per heavy atom. The number of rotatable bonds is 8. The van der Waals surface area contributed by atoms with Gasteiger partial charge in [0.25, 0.3) is 0 Å². The summed E-state index contributed by atoms with van der Waals surface area (Å²) in [6.45, 7) is -0.0872. The Labute approximate surface area is 167 Å². The molecule has 0 fully saturated rings. The fraction of sp³-hybridized carbons (Fsp3) is 0.278. The summed E-state index contributed by atoms with van der Waals surface area (Å²) in [5, 5.41) is 9.07. The number of carboxylic acids is 1. The van der Waals surface area contributed by atoms with Crippen molar-refractivity contribution in [3.8, 4) is 23.0 Å². The number of Topliss-reactive ketones (excluding diaryl/α,β-unsaturated/α-hetero) is 1. The standard InChI is InChI=1S/C18H19NO7.BrH/c1-23-14-8-12(15(24-2)17(26-4)16(14)25-3)13(20)10-19-7-5-6-11(9-19)18(21)22;/h5-9H,10H2,1-4H3;1H. The van der Waals surface area contributed by atoms with Gasteiger partial charge in [0.2, 0.25) is 23.8 Å². The van der Waals surface area contributed by atoms with E-state index in [9.17, 15) is 9.59 Å². The molecule has 0 spiro atoms. The molecule has 27 heavy (non-hydrogen) atoms. The van der Waals surface area contributed by atoms with Crippen LogP contribution in [0.4, 0.5) is 0 Å². The first-order chi connectivity index (χ1) is 12.5. The van der Waals surface area contributed by atoms with E-state index in [1.807, 2.05) is 0 Å². The first-order valence-corrected chi connectivity index (χ1v) is 7.59. The number of carbonyl (C=O) groups excluding carboxylic acids is 1. The molecule has 0 radical (unpaired) electrons. The molecule has 0 saturated carbocycles. The molecule has 2 aromatic rings. The number of hydrogen-bond acceptors (Lipinski definition) is 6. The Morgan fingerprint density at radius 1 is 1.00 bits per heavy atom. The molecule has 0 aliphatic heterocycles. The molecule has 2 rings (SSSR count). The maximum absolute atomic E-state index is 12.8. The molecule has 0 saturated heterocycles. The molecule has 1 N–H and O–H groups in total. The van der Waals surface area contributed by atoms with Gasteiger partial charge >= 0.3 is 5.97 Å². The number of ketones is 1. The van der Waals surface area contributed by atoms with Crippen LogP contribution in [0.15, 0.2) is 30.6 Å². The van der Waals surface area contributed by atoms with Crippen LogP contribution in [0.2, 0.25) is 0 Å². The highest BCUT2D eigenvalue weighted by molar-refractivity contribution is 6.00. The Hall–Kier alpha value is -2.81. The van der Waals surface area contributed by atoms with E-state index in [2.05, 4.69) is 0 Å². The van der Waals surface area contributed by atoms with Crippen LogP contribution in [0.1, 0.15) is 20.7 Å². The van der Waals surface area contributed by atoms with Crippen LogP contribution in [-0.4, -0.2) is 45.3 Å². The zero-order valence-electron chi connectivity index (χ0n) is 15.3. The summed E-state index contributed by atoms with van der Waals surface area (Å²) in [4.78, 5) is 23.9. The smallest absolute Gasteiger partial charge is 0.341 e. The third-order valence-corrected chi connectivity index (χ3v) is 3.72. The number of carbonyl (C=O) groups is 2. The number of nitrogens with zero attached hydrogens (tertiary/aromatic N) is 1. The van der Waals surface area contributed by atoms with Crippen LogP contribution >= 0.6 is 0 Å². The molecule has 0 aliphatic carbocycles. The topological polar surface area (TPSA) is 95.2 Å². The van der Waals surface area contributed by atoms with Crippen LogP contribution in [0.25, 0.3) is 0 Å². The van der Waals surface area contributed by atoms with Crippen molar-refractivity contribution in [1.29, 1.82) is 0 Å². The van der Waals surface area contributed by atoms with Crippen LogP contribution in [0.5, 0.6) is 23.0 Å². The van der Waals surface area contributed by atoms with Crippen molar-refractivity contribution in [3.63, 3.8) is 0 Å². The number of hydrogen-bond donors (Lipinski definition) is 1. The molecule has 0 unspecified atom stereocenters. The van der Waals surface area contributed by atoms with Crippen molar-refractivity contribution in [2.75, 3.05) is 28.4 Å². The zero-order valence-corrected chi connectivity index (χ0v) is 16.9. The Kier molecular flexibility index (Phi) is 8.04. The van der Waals surface area contributed by atoms with Gasteiger partial charge in [-0.15, -0.1) is 0 Å². The van der Waals surface area contributed by atoms with Gasteiger partial charge in [0, 0.05) is 6.07 Å². The Bertz CT molecular complexity index is 839. The number of benzene rings is 1. The summed E-state index contributed by atoms with van der Waals surface area (Å²) < 4.78 is 22.7. The highest BCUT2D eigenvalue weighted by Gasteiger charge is 2.27. The number of aromatic carboxylic acids is 1. The van der Waals surface area contributed by atoms with Crippen molar-refractivity contribution < 1.29 is 55.2 Å². The predicted octanol–water partition coefficient (Wildman–Crippen LogP) is -1.41. The molecule has 9 heteroatoms. The van der Waals surface area contributed by atoms with Crippen LogP contribution in [0, 0.1) is 0 Å². The summed E-state index contributed by atoms with van der Waals surface area (Å²) >= 11 is 0. The molecule has 0 atom stereocenters. The SMILES string of the molecule is COc1cc(C(=O)C[n+]2cccc(C(=O)O)c2)c(OC)c(OC)c1OC.[Br-]. The average Bonchev–Trinajstić information content (AvgIpc) is 2.65. The van der Waals surface area contributed by atoms with E-state index in [0.29, 0.717) is 11.5 Å². The Balaban J connectivity index is 0.00000364. The number of halogens is 1. The molecule has 1 aromatic heterocycles. The normalized spacial score (nSPS) is 9.78. The second kappa shape index (κ2) is 9.77. The number of methoxy groups -OCH3 is 4. The predicted molar refractivity (Wildman–Crippen MR) is 90.6 cm³/mol. The monoisotopic (exact) mass is 441 g/mol. The number of aromatic nitrogens is 1. The van der Waals surface area contributed by atoms with Crippen LogP contribution in [-0.2, 0) is 6.54 Å². The fourth-order valence-corrected chi connectivity index (χ4v) is 2.54. The molecule has 0 amide bonds. The van der Waals surface area contributed by atoms with E-state index >= 15 is 0 Å². The second-order valence-corrected chi connectivity index (χ2v) is 5.22. The zero-order chi connectivity index (χ0) is 19.3. The highest BCUT2D eigenvalue weighted by Crippen LogP contribution is 2.46. The van der Waals surface area contributed by atoms with Crippen molar-refractivity contribution in [2.45, 2.75) is 6.54 Å². The largest absolute Gasteiger partial charge is 1.00 e. The van der Waals surface area contributed by atoms with Crippen LogP contribution in [0.3, 0.4) is 0 Å². The molecule has 1 aromatic carbocycles. The first-order valence-electron chi connectivity index (χ1n) is 7.59.